The smallest absolute Gasteiger partial charge is 0.169 e. The summed E-state index contributed by atoms with van der Waals surface area (Å²) in [5, 5.41) is 0.375. The Morgan fingerprint density at radius 1 is 1.22 bits per heavy atom. The third-order valence-corrected chi connectivity index (χ3v) is 7.86. The first-order chi connectivity index (χ1) is 17.4. The molecule has 1 saturated heterocycles. The van der Waals surface area contributed by atoms with E-state index in [2.05, 4.69) is 21.8 Å². The van der Waals surface area contributed by atoms with E-state index in [1.807, 2.05) is 12.1 Å². The van der Waals surface area contributed by atoms with Crippen molar-refractivity contribution in [3.63, 3.8) is 0 Å². The number of halogens is 1. The van der Waals surface area contributed by atoms with Gasteiger partial charge in [-0.2, -0.15) is 0 Å². The van der Waals surface area contributed by atoms with Gasteiger partial charge in [0, 0.05) is 49.5 Å². The molecule has 4 atom stereocenters. The van der Waals surface area contributed by atoms with Gasteiger partial charge in [-0.25, -0.2) is 4.39 Å². The Bertz CT molecular complexity index is 1240. The molecule has 1 aliphatic carbocycles. The van der Waals surface area contributed by atoms with Gasteiger partial charge in [-0.1, -0.05) is 6.92 Å². The SMILES string of the molecule is COC[C@@H]1CCCN1c1cnc2c(C(=O)Cc3cnccc3[C@@H]3C[C@H](C)C[C@H](N)C3)ccc(F)c2c1. The average molecular weight is 491 g/mol. The van der Waals surface area contributed by atoms with E-state index >= 15 is 0 Å². The van der Waals surface area contributed by atoms with Crippen molar-refractivity contribution in [1.82, 2.24) is 9.97 Å². The van der Waals surface area contributed by atoms with Gasteiger partial charge in [0.2, 0.25) is 0 Å². The van der Waals surface area contributed by atoms with Crippen LogP contribution in [0.4, 0.5) is 10.1 Å². The van der Waals surface area contributed by atoms with E-state index in [0.29, 0.717) is 34.9 Å². The number of benzene rings is 1. The summed E-state index contributed by atoms with van der Waals surface area (Å²) in [6, 6.07) is 7.21. The highest BCUT2D eigenvalue weighted by atomic mass is 19.1. The van der Waals surface area contributed by atoms with Crippen LogP contribution < -0.4 is 10.6 Å². The predicted molar refractivity (Wildman–Crippen MR) is 140 cm³/mol. The molecule has 1 saturated carbocycles. The molecule has 0 radical (unpaired) electrons. The number of anilines is 1. The molecule has 190 valence electrons. The molecular weight excluding hydrogens is 455 g/mol. The molecule has 6 nitrogen and oxygen atoms in total. The summed E-state index contributed by atoms with van der Waals surface area (Å²) in [7, 11) is 1.70. The van der Waals surface area contributed by atoms with Gasteiger partial charge >= 0.3 is 0 Å². The monoisotopic (exact) mass is 490 g/mol. The largest absolute Gasteiger partial charge is 0.383 e. The summed E-state index contributed by atoms with van der Waals surface area (Å²) in [4.78, 5) is 24.7. The van der Waals surface area contributed by atoms with Crippen LogP contribution in [0.25, 0.3) is 10.9 Å². The minimum Gasteiger partial charge on any atom is -0.383 e. The summed E-state index contributed by atoms with van der Waals surface area (Å²) in [6.07, 6.45) is 10.6. The zero-order valence-corrected chi connectivity index (χ0v) is 21.1. The quantitative estimate of drug-likeness (QED) is 0.467. The van der Waals surface area contributed by atoms with Crippen LogP contribution in [0, 0.1) is 11.7 Å². The molecule has 0 bridgehead atoms. The van der Waals surface area contributed by atoms with Gasteiger partial charge in [0.1, 0.15) is 5.82 Å². The highest BCUT2D eigenvalue weighted by Crippen LogP contribution is 2.37. The second-order valence-corrected chi connectivity index (χ2v) is 10.6. The number of hydrogen-bond acceptors (Lipinski definition) is 6. The minimum atomic E-state index is -0.370. The Hall–Kier alpha value is -2.90. The van der Waals surface area contributed by atoms with Crippen LogP contribution in [0.3, 0.4) is 0 Å². The van der Waals surface area contributed by atoms with E-state index < -0.39 is 0 Å². The number of aromatic nitrogens is 2. The lowest BCUT2D eigenvalue weighted by Crippen LogP contribution is -2.32. The lowest BCUT2D eigenvalue weighted by molar-refractivity contribution is 0.0994. The van der Waals surface area contributed by atoms with E-state index in [-0.39, 0.29) is 30.1 Å². The fraction of sp³-hybridized carbons (Fsp3) is 0.483. The van der Waals surface area contributed by atoms with E-state index in [4.69, 9.17) is 10.5 Å². The summed E-state index contributed by atoms with van der Waals surface area (Å²) in [5.74, 6) is 0.418. The molecule has 7 heteroatoms. The zero-order chi connectivity index (χ0) is 25.2. The van der Waals surface area contributed by atoms with Crippen molar-refractivity contribution in [2.45, 2.75) is 63.5 Å². The number of ketones is 1. The molecule has 0 spiro atoms. The van der Waals surface area contributed by atoms with Gasteiger partial charge in [0.15, 0.2) is 5.78 Å². The lowest BCUT2D eigenvalue weighted by atomic mass is 9.75. The first-order valence-electron chi connectivity index (χ1n) is 13.0. The third kappa shape index (κ3) is 5.00. The number of pyridine rings is 2. The minimum absolute atomic E-state index is 0.0823. The topological polar surface area (TPSA) is 81.3 Å². The number of nitrogens with zero attached hydrogens (tertiary/aromatic N) is 3. The Kier molecular flexibility index (Phi) is 7.30. The number of fused-ring (bicyclic) bond motifs is 1. The van der Waals surface area contributed by atoms with Crippen molar-refractivity contribution in [2.75, 3.05) is 25.2 Å². The number of hydrogen-bond donors (Lipinski definition) is 1. The first kappa shape index (κ1) is 24.8. The fourth-order valence-corrected chi connectivity index (χ4v) is 6.26. The van der Waals surface area contributed by atoms with Crippen molar-refractivity contribution < 1.29 is 13.9 Å². The number of ether oxygens (including phenoxy) is 1. The van der Waals surface area contributed by atoms with Crippen molar-refractivity contribution in [3.05, 3.63) is 65.4 Å². The molecule has 3 heterocycles. The molecule has 1 aromatic carbocycles. The molecule has 2 aromatic heterocycles. The molecule has 0 amide bonds. The van der Waals surface area contributed by atoms with E-state index in [0.717, 1.165) is 55.5 Å². The molecule has 0 unspecified atom stereocenters. The number of Topliss-reactive ketones (excluding diaryl/α,β-unsaturated/α-hetero) is 1. The van der Waals surface area contributed by atoms with Gasteiger partial charge in [-0.15, -0.1) is 0 Å². The molecule has 2 fully saturated rings. The van der Waals surface area contributed by atoms with Crippen LogP contribution in [-0.4, -0.2) is 48.1 Å². The second kappa shape index (κ2) is 10.6. The molecule has 1 aliphatic heterocycles. The average Bonchev–Trinajstić information content (AvgIpc) is 3.32. The van der Waals surface area contributed by atoms with Gasteiger partial charge in [-0.3, -0.25) is 14.8 Å². The first-order valence-corrected chi connectivity index (χ1v) is 13.0. The molecule has 5 rings (SSSR count). The van der Waals surface area contributed by atoms with Gasteiger partial charge in [-0.05, 0) is 79.3 Å². The van der Waals surface area contributed by atoms with Crippen LogP contribution in [-0.2, 0) is 11.2 Å². The number of methoxy groups -OCH3 is 1. The maximum Gasteiger partial charge on any atom is 0.169 e. The summed E-state index contributed by atoms with van der Waals surface area (Å²) in [5.41, 5.74) is 10.1. The molecule has 3 aromatic rings. The standard InChI is InChI=1S/C29H35FN4O2/c1-18-10-19(12-21(31)11-18)24-7-8-32-15-20(24)13-28(35)25-5-6-27(30)26-14-23(16-33-29(25)26)34-9-3-4-22(34)17-36-2/h5-8,14-16,18-19,21-22H,3-4,9-13,17,31H2,1-2H3/t18-,19+,21-,22-/m0/s1. The van der Waals surface area contributed by atoms with E-state index in [9.17, 15) is 9.18 Å². The summed E-state index contributed by atoms with van der Waals surface area (Å²) >= 11 is 0. The van der Waals surface area contributed by atoms with Crippen LogP contribution in [0.5, 0.6) is 0 Å². The summed E-state index contributed by atoms with van der Waals surface area (Å²) in [6.45, 7) is 3.74. The normalized spacial score (nSPS) is 24.4. The maximum atomic E-state index is 14.9. The third-order valence-electron chi connectivity index (χ3n) is 7.86. The van der Waals surface area contributed by atoms with Crippen LogP contribution >= 0.6 is 0 Å². The Balaban J connectivity index is 1.44. The summed E-state index contributed by atoms with van der Waals surface area (Å²) < 4.78 is 20.3. The fourth-order valence-electron chi connectivity index (χ4n) is 6.26. The van der Waals surface area contributed by atoms with Gasteiger partial charge in [0.25, 0.3) is 0 Å². The lowest BCUT2D eigenvalue weighted by Gasteiger charge is -2.32. The molecule has 2 aliphatic rings. The number of nitrogens with two attached hydrogens (primary N) is 1. The molecule has 36 heavy (non-hydrogen) atoms. The Morgan fingerprint density at radius 3 is 2.89 bits per heavy atom. The molecule has 2 N–H and O–H groups in total. The number of rotatable bonds is 7. The molecular formula is C29H35FN4O2. The highest BCUT2D eigenvalue weighted by molar-refractivity contribution is 6.08. The number of carbonyl (C=O) groups is 1. The van der Waals surface area contributed by atoms with Crippen molar-refractivity contribution in [2.24, 2.45) is 11.7 Å². The predicted octanol–water partition coefficient (Wildman–Crippen LogP) is 5.04. The van der Waals surface area contributed by atoms with Gasteiger partial charge in [0.05, 0.1) is 30.0 Å². The second-order valence-electron chi connectivity index (χ2n) is 10.6. The maximum absolute atomic E-state index is 14.9. The van der Waals surface area contributed by atoms with Crippen molar-refractivity contribution in [3.8, 4) is 0 Å². The zero-order valence-electron chi connectivity index (χ0n) is 21.1. The van der Waals surface area contributed by atoms with Crippen molar-refractivity contribution >= 4 is 22.4 Å². The van der Waals surface area contributed by atoms with Crippen molar-refractivity contribution in [1.29, 1.82) is 0 Å². The van der Waals surface area contributed by atoms with E-state index in [1.54, 1.807) is 31.8 Å². The van der Waals surface area contributed by atoms with Gasteiger partial charge < -0.3 is 15.4 Å². The Morgan fingerprint density at radius 2 is 2.08 bits per heavy atom. The highest BCUT2D eigenvalue weighted by Gasteiger charge is 2.28. The van der Waals surface area contributed by atoms with Crippen LogP contribution in [0.15, 0.2) is 42.9 Å². The number of carbonyl (C=O) groups excluding carboxylic acids is 1. The Labute approximate surface area is 212 Å². The van der Waals surface area contributed by atoms with Crippen LogP contribution in [0.1, 0.15) is 66.4 Å². The van der Waals surface area contributed by atoms with Crippen LogP contribution in [0.2, 0.25) is 0 Å². The van der Waals surface area contributed by atoms with E-state index in [1.165, 1.54) is 6.07 Å².